The molecule has 0 fully saturated rings. The molecule has 0 spiro atoms. The molecule has 0 saturated carbocycles. The Morgan fingerprint density at radius 2 is 2.29 bits per heavy atom. The molecule has 0 aliphatic carbocycles. The molecule has 0 aromatic carbocycles. The minimum Gasteiger partial charge on any atom is -0.397 e. The monoisotopic (exact) mass is 195 g/mol. The summed E-state index contributed by atoms with van der Waals surface area (Å²) in [6.07, 6.45) is 0.863. The van der Waals surface area contributed by atoms with Gasteiger partial charge in [0.05, 0.1) is 24.0 Å². The van der Waals surface area contributed by atoms with Gasteiger partial charge in [-0.3, -0.25) is 0 Å². The van der Waals surface area contributed by atoms with Gasteiger partial charge < -0.3 is 16.2 Å². The fourth-order valence-electron chi connectivity index (χ4n) is 1.14. The maximum atomic E-state index is 9.00. The Morgan fingerprint density at radius 1 is 1.57 bits per heavy atom. The molecule has 1 unspecified atom stereocenters. The number of aryl methyl sites for hydroxylation is 1. The highest BCUT2D eigenvalue weighted by Crippen LogP contribution is 2.13. The number of anilines is 2. The number of aliphatic hydroxyl groups is 1. The van der Waals surface area contributed by atoms with Crippen LogP contribution in [0.25, 0.3) is 0 Å². The molecule has 0 aliphatic heterocycles. The van der Waals surface area contributed by atoms with Gasteiger partial charge in [0.1, 0.15) is 5.82 Å². The molecule has 4 heteroatoms. The number of aromatic nitrogens is 1. The zero-order valence-electron chi connectivity index (χ0n) is 8.62. The number of nitrogens with one attached hydrogen (secondary N) is 1. The third-order valence-electron chi connectivity index (χ3n) is 2.19. The van der Waals surface area contributed by atoms with E-state index in [1.54, 1.807) is 0 Å². The average molecular weight is 195 g/mol. The largest absolute Gasteiger partial charge is 0.397 e. The number of hydrogen-bond donors (Lipinski definition) is 3. The van der Waals surface area contributed by atoms with Crippen LogP contribution in [0.4, 0.5) is 11.5 Å². The molecule has 1 aromatic rings. The topological polar surface area (TPSA) is 71.2 Å². The van der Waals surface area contributed by atoms with E-state index in [-0.39, 0.29) is 12.6 Å². The number of nitrogen functional groups attached to an aromatic ring is 1. The molecule has 1 heterocycles. The van der Waals surface area contributed by atoms with Gasteiger partial charge in [-0.05, 0) is 25.5 Å². The lowest BCUT2D eigenvalue weighted by Gasteiger charge is -2.15. The van der Waals surface area contributed by atoms with Crippen LogP contribution in [0.3, 0.4) is 0 Å². The summed E-state index contributed by atoms with van der Waals surface area (Å²) in [6, 6.07) is 3.70. The van der Waals surface area contributed by atoms with E-state index in [0.29, 0.717) is 5.69 Å². The molecule has 4 nitrogen and oxygen atoms in total. The van der Waals surface area contributed by atoms with Crippen LogP contribution >= 0.6 is 0 Å². The van der Waals surface area contributed by atoms with Crippen LogP contribution in [0.5, 0.6) is 0 Å². The Balaban J connectivity index is 2.72. The van der Waals surface area contributed by atoms with E-state index in [9.17, 15) is 0 Å². The van der Waals surface area contributed by atoms with Gasteiger partial charge in [-0.25, -0.2) is 4.98 Å². The highest BCUT2D eigenvalue weighted by atomic mass is 16.3. The predicted octanol–water partition coefficient (Wildman–Crippen LogP) is 1.16. The number of nitrogens with zero attached hydrogens (tertiary/aromatic N) is 1. The lowest BCUT2D eigenvalue weighted by atomic mass is 10.2. The maximum absolute atomic E-state index is 9.00. The van der Waals surface area contributed by atoms with Crippen molar-refractivity contribution in [2.45, 2.75) is 26.3 Å². The fraction of sp³-hybridized carbons (Fsp3) is 0.500. The zero-order valence-corrected chi connectivity index (χ0v) is 8.62. The smallest absolute Gasteiger partial charge is 0.126 e. The van der Waals surface area contributed by atoms with Gasteiger partial charge in [-0.1, -0.05) is 6.92 Å². The Kier molecular flexibility index (Phi) is 3.71. The first-order chi connectivity index (χ1) is 6.67. The number of rotatable bonds is 4. The predicted molar refractivity (Wildman–Crippen MR) is 58.2 cm³/mol. The van der Waals surface area contributed by atoms with Gasteiger partial charge >= 0.3 is 0 Å². The van der Waals surface area contributed by atoms with E-state index in [1.807, 2.05) is 26.0 Å². The van der Waals surface area contributed by atoms with Crippen LogP contribution in [0, 0.1) is 6.92 Å². The molecular formula is C10H17N3O. The summed E-state index contributed by atoms with van der Waals surface area (Å²) in [7, 11) is 0. The third-order valence-corrected chi connectivity index (χ3v) is 2.19. The Bertz CT molecular complexity index is 297. The molecule has 1 atom stereocenters. The highest BCUT2D eigenvalue weighted by Gasteiger charge is 2.05. The molecule has 1 aromatic heterocycles. The van der Waals surface area contributed by atoms with Gasteiger partial charge in [-0.2, -0.15) is 0 Å². The SMILES string of the molecule is CCC(CO)Nc1ccc(N)c(C)n1. The van der Waals surface area contributed by atoms with Crippen LogP contribution in [-0.4, -0.2) is 22.7 Å². The zero-order chi connectivity index (χ0) is 10.6. The van der Waals surface area contributed by atoms with E-state index in [4.69, 9.17) is 10.8 Å². The fourth-order valence-corrected chi connectivity index (χ4v) is 1.14. The summed E-state index contributed by atoms with van der Waals surface area (Å²) < 4.78 is 0. The molecule has 0 amide bonds. The van der Waals surface area contributed by atoms with E-state index in [0.717, 1.165) is 17.9 Å². The van der Waals surface area contributed by atoms with Gasteiger partial charge in [0.15, 0.2) is 0 Å². The van der Waals surface area contributed by atoms with Crippen LogP contribution in [0.15, 0.2) is 12.1 Å². The summed E-state index contributed by atoms with van der Waals surface area (Å²) in [5.74, 6) is 0.762. The summed E-state index contributed by atoms with van der Waals surface area (Å²) in [4.78, 5) is 4.26. The summed E-state index contributed by atoms with van der Waals surface area (Å²) in [6.45, 7) is 3.99. The standard InChI is InChI=1S/C10H17N3O/c1-3-8(6-14)13-10-5-4-9(11)7(2)12-10/h4-5,8,14H,3,6,11H2,1-2H3,(H,12,13). The quantitative estimate of drug-likeness (QED) is 0.674. The van der Waals surface area contributed by atoms with E-state index >= 15 is 0 Å². The second-order valence-electron chi connectivity index (χ2n) is 3.30. The van der Waals surface area contributed by atoms with Crippen LogP contribution < -0.4 is 11.1 Å². The molecule has 4 N–H and O–H groups in total. The van der Waals surface area contributed by atoms with Crippen molar-refractivity contribution in [2.24, 2.45) is 0 Å². The number of aliphatic hydroxyl groups excluding tert-OH is 1. The van der Waals surface area contributed by atoms with Crippen LogP contribution in [-0.2, 0) is 0 Å². The molecule has 0 aliphatic rings. The van der Waals surface area contributed by atoms with Gasteiger partial charge in [0, 0.05) is 0 Å². The minimum atomic E-state index is 0.0607. The maximum Gasteiger partial charge on any atom is 0.126 e. The normalized spacial score (nSPS) is 12.5. The molecule has 78 valence electrons. The summed E-state index contributed by atoms with van der Waals surface area (Å²) >= 11 is 0. The highest BCUT2D eigenvalue weighted by molar-refractivity contribution is 5.49. The Hall–Kier alpha value is -1.29. The number of nitrogens with two attached hydrogens (primary N) is 1. The molecule has 0 saturated heterocycles. The molecule has 14 heavy (non-hydrogen) atoms. The summed E-state index contributed by atoms with van der Waals surface area (Å²) in [5.41, 5.74) is 7.14. The third kappa shape index (κ3) is 2.60. The Labute approximate surface area is 84.2 Å². The first-order valence-electron chi connectivity index (χ1n) is 4.78. The second kappa shape index (κ2) is 4.81. The first kappa shape index (κ1) is 10.8. The molecule has 0 bridgehead atoms. The average Bonchev–Trinajstić information content (AvgIpc) is 2.19. The second-order valence-corrected chi connectivity index (χ2v) is 3.30. The van der Waals surface area contributed by atoms with Crippen molar-refractivity contribution in [1.82, 2.24) is 4.98 Å². The van der Waals surface area contributed by atoms with Crippen molar-refractivity contribution >= 4 is 11.5 Å². The van der Waals surface area contributed by atoms with Crippen molar-refractivity contribution in [3.63, 3.8) is 0 Å². The lowest BCUT2D eigenvalue weighted by molar-refractivity contribution is 0.271. The van der Waals surface area contributed by atoms with Gasteiger partial charge in [0.25, 0.3) is 0 Å². The van der Waals surface area contributed by atoms with Gasteiger partial charge in [0.2, 0.25) is 0 Å². The van der Waals surface area contributed by atoms with E-state index in [1.165, 1.54) is 0 Å². The van der Waals surface area contributed by atoms with Crippen molar-refractivity contribution in [1.29, 1.82) is 0 Å². The molecular weight excluding hydrogens is 178 g/mol. The minimum absolute atomic E-state index is 0.0607. The van der Waals surface area contributed by atoms with Crippen molar-refractivity contribution in [3.05, 3.63) is 17.8 Å². The summed E-state index contributed by atoms with van der Waals surface area (Å²) in [5, 5.41) is 12.1. The van der Waals surface area contributed by atoms with Crippen LogP contribution in [0.2, 0.25) is 0 Å². The molecule has 0 radical (unpaired) electrons. The lowest BCUT2D eigenvalue weighted by Crippen LogP contribution is -2.23. The van der Waals surface area contributed by atoms with Crippen molar-refractivity contribution < 1.29 is 5.11 Å². The van der Waals surface area contributed by atoms with Crippen molar-refractivity contribution in [3.8, 4) is 0 Å². The van der Waals surface area contributed by atoms with E-state index < -0.39 is 0 Å². The number of pyridine rings is 1. The Morgan fingerprint density at radius 3 is 2.79 bits per heavy atom. The molecule has 1 rings (SSSR count). The first-order valence-corrected chi connectivity index (χ1v) is 4.78. The van der Waals surface area contributed by atoms with Crippen molar-refractivity contribution in [2.75, 3.05) is 17.7 Å². The van der Waals surface area contributed by atoms with E-state index in [2.05, 4.69) is 10.3 Å². The van der Waals surface area contributed by atoms with Gasteiger partial charge in [-0.15, -0.1) is 0 Å². The number of hydrogen-bond acceptors (Lipinski definition) is 4. The van der Waals surface area contributed by atoms with Crippen LogP contribution in [0.1, 0.15) is 19.0 Å².